The summed E-state index contributed by atoms with van der Waals surface area (Å²) >= 11 is 0. The average Bonchev–Trinajstić information content (AvgIpc) is 2.71. The number of hydrogen-bond donors (Lipinski definition) is 3. The van der Waals surface area contributed by atoms with Gasteiger partial charge in [-0.25, -0.2) is 0 Å². The predicted octanol–water partition coefficient (Wildman–Crippen LogP) is 3.10. The topological polar surface area (TPSA) is 104 Å². The number of allylic oxidation sites excluding steroid dienone is 2. The number of methoxy groups -OCH3 is 1. The lowest BCUT2D eigenvalue weighted by Crippen LogP contribution is -2.17. The number of hydrogen-bond acceptors (Lipinski definition) is 6. The molecule has 0 aliphatic carbocycles. The van der Waals surface area contributed by atoms with Crippen LogP contribution >= 0.6 is 0 Å². The first-order valence-electron chi connectivity index (χ1n) is 8.59. The Hall–Kier alpha value is -3.38. The molecule has 0 heterocycles. The molecule has 0 aliphatic heterocycles. The van der Waals surface area contributed by atoms with E-state index in [2.05, 4.69) is 0 Å². The fraction of sp³-hybridized carbons (Fsp3) is 0.182. The van der Waals surface area contributed by atoms with Gasteiger partial charge in [0, 0.05) is 5.56 Å². The van der Waals surface area contributed by atoms with E-state index < -0.39 is 5.92 Å². The van der Waals surface area contributed by atoms with E-state index in [0.717, 1.165) is 0 Å². The third-order valence-electron chi connectivity index (χ3n) is 4.21. The number of ketones is 2. The molecule has 1 unspecified atom stereocenters. The predicted molar refractivity (Wildman–Crippen MR) is 106 cm³/mol. The van der Waals surface area contributed by atoms with Crippen LogP contribution in [0.1, 0.15) is 23.6 Å². The van der Waals surface area contributed by atoms with E-state index in [4.69, 9.17) is 9.84 Å². The van der Waals surface area contributed by atoms with Crippen LogP contribution in [0.5, 0.6) is 17.2 Å². The molecule has 0 saturated heterocycles. The standard InChI is InChI=1S/C22H22O6/c1-14(18(24)7-3-15-5-9-20(26)17(11-15)13-23)19(25)8-4-16-6-10-21(27)22(12-16)28-2/h3-12,14,23,26-27H,13H2,1-2H3/b7-3+,8-4+. The van der Waals surface area contributed by atoms with Gasteiger partial charge < -0.3 is 20.1 Å². The normalized spacial score (nSPS) is 12.4. The van der Waals surface area contributed by atoms with Crippen molar-refractivity contribution in [2.24, 2.45) is 5.92 Å². The highest BCUT2D eigenvalue weighted by atomic mass is 16.5. The second-order valence-corrected chi connectivity index (χ2v) is 6.17. The van der Waals surface area contributed by atoms with E-state index in [1.54, 1.807) is 30.3 Å². The van der Waals surface area contributed by atoms with E-state index in [0.29, 0.717) is 16.7 Å². The molecule has 2 aromatic carbocycles. The minimum Gasteiger partial charge on any atom is -0.508 e. The Kier molecular flexibility index (Phi) is 7.12. The molecular weight excluding hydrogens is 360 g/mol. The van der Waals surface area contributed by atoms with Gasteiger partial charge in [-0.05, 0) is 54.5 Å². The second-order valence-electron chi connectivity index (χ2n) is 6.17. The summed E-state index contributed by atoms with van der Waals surface area (Å²) in [5, 5.41) is 28.3. The molecule has 28 heavy (non-hydrogen) atoms. The van der Waals surface area contributed by atoms with Crippen LogP contribution in [0, 0.1) is 5.92 Å². The van der Waals surface area contributed by atoms with Crippen molar-refractivity contribution in [1.29, 1.82) is 0 Å². The van der Waals surface area contributed by atoms with Crippen molar-refractivity contribution >= 4 is 23.7 Å². The zero-order valence-corrected chi connectivity index (χ0v) is 15.6. The quantitative estimate of drug-likeness (QED) is 0.479. The molecule has 1 atom stereocenters. The monoisotopic (exact) mass is 382 g/mol. The molecule has 0 fully saturated rings. The van der Waals surface area contributed by atoms with Gasteiger partial charge in [0.2, 0.25) is 0 Å². The Labute approximate surface area is 163 Å². The Balaban J connectivity index is 2.05. The maximum absolute atomic E-state index is 12.2. The van der Waals surface area contributed by atoms with Crippen molar-refractivity contribution in [3.05, 3.63) is 65.2 Å². The summed E-state index contributed by atoms with van der Waals surface area (Å²) in [7, 11) is 1.43. The Morgan fingerprint density at radius 3 is 2.04 bits per heavy atom. The van der Waals surface area contributed by atoms with E-state index in [1.807, 2.05) is 0 Å². The molecule has 6 heteroatoms. The smallest absolute Gasteiger partial charge is 0.166 e. The lowest BCUT2D eigenvalue weighted by molar-refractivity contribution is -0.126. The fourth-order valence-electron chi connectivity index (χ4n) is 2.42. The molecule has 0 bridgehead atoms. The van der Waals surface area contributed by atoms with Crippen LogP contribution in [0.2, 0.25) is 0 Å². The first-order chi connectivity index (χ1) is 13.3. The molecule has 0 amide bonds. The van der Waals surface area contributed by atoms with Gasteiger partial charge in [0.15, 0.2) is 23.1 Å². The van der Waals surface area contributed by atoms with Crippen molar-refractivity contribution in [3.63, 3.8) is 0 Å². The molecule has 146 valence electrons. The van der Waals surface area contributed by atoms with Crippen LogP contribution < -0.4 is 4.74 Å². The van der Waals surface area contributed by atoms with Gasteiger partial charge in [0.1, 0.15) is 5.75 Å². The van der Waals surface area contributed by atoms with Crippen molar-refractivity contribution in [1.82, 2.24) is 0 Å². The maximum atomic E-state index is 12.2. The Morgan fingerprint density at radius 2 is 1.50 bits per heavy atom. The van der Waals surface area contributed by atoms with Gasteiger partial charge in [-0.1, -0.05) is 24.3 Å². The molecule has 3 N–H and O–H groups in total. The molecular formula is C22H22O6. The van der Waals surface area contributed by atoms with Crippen molar-refractivity contribution in [3.8, 4) is 17.2 Å². The zero-order valence-electron chi connectivity index (χ0n) is 15.6. The molecule has 0 saturated carbocycles. The summed E-state index contributed by atoms with van der Waals surface area (Å²) in [6.07, 6.45) is 5.69. The van der Waals surface area contributed by atoms with Gasteiger partial charge in [-0.3, -0.25) is 9.59 Å². The van der Waals surface area contributed by atoms with Crippen LogP contribution in [0.3, 0.4) is 0 Å². The van der Waals surface area contributed by atoms with Crippen molar-refractivity contribution in [2.75, 3.05) is 7.11 Å². The van der Waals surface area contributed by atoms with Crippen LogP contribution in [0.15, 0.2) is 48.6 Å². The molecule has 0 aromatic heterocycles. The number of phenols is 2. The minimum absolute atomic E-state index is 0.00162. The third kappa shape index (κ3) is 5.31. The number of ether oxygens (including phenoxy) is 1. The van der Waals surface area contributed by atoms with Crippen LogP contribution in [0.25, 0.3) is 12.2 Å². The zero-order chi connectivity index (χ0) is 20.7. The van der Waals surface area contributed by atoms with Crippen molar-refractivity contribution < 1.29 is 29.6 Å². The molecule has 0 spiro atoms. The van der Waals surface area contributed by atoms with Crippen LogP contribution in [-0.2, 0) is 16.2 Å². The molecule has 0 radical (unpaired) electrons. The number of aliphatic hydroxyl groups excluding tert-OH is 1. The molecule has 2 rings (SSSR count). The highest BCUT2D eigenvalue weighted by Crippen LogP contribution is 2.26. The van der Waals surface area contributed by atoms with Crippen molar-refractivity contribution in [2.45, 2.75) is 13.5 Å². The number of benzene rings is 2. The number of aliphatic hydroxyl groups is 1. The Morgan fingerprint density at radius 1 is 0.964 bits per heavy atom. The summed E-state index contributed by atoms with van der Waals surface area (Å²) in [5.74, 6) is -1.32. The number of carbonyl (C=O) groups excluding carboxylic acids is 2. The van der Waals surface area contributed by atoms with Crippen LogP contribution in [-0.4, -0.2) is 34.0 Å². The van der Waals surface area contributed by atoms with Crippen LogP contribution in [0.4, 0.5) is 0 Å². The first kappa shape index (κ1) is 20.9. The molecule has 6 nitrogen and oxygen atoms in total. The van der Waals surface area contributed by atoms with Gasteiger partial charge in [-0.2, -0.15) is 0 Å². The lowest BCUT2D eigenvalue weighted by Gasteiger charge is -2.05. The summed E-state index contributed by atoms with van der Waals surface area (Å²) < 4.78 is 5.01. The summed E-state index contributed by atoms with van der Waals surface area (Å²) in [4.78, 5) is 24.5. The highest BCUT2D eigenvalue weighted by molar-refractivity contribution is 6.13. The van der Waals surface area contributed by atoms with E-state index >= 15 is 0 Å². The summed E-state index contributed by atoms with van der Waals surface area (Å²) in [6, 6.07) is 9.25. The molecule has 0 aliphatic rings. The number of phenolic OH excluding ortho intramolecular Hbond substituents is 1. The maximum Gasteiger partial charge on any atom is 0.166 e. The van der Waals surface area contributed by atoms with E-state index in [1.165, 1.54) is 44.4 Å². The molecule has 2 aromatic rings. The fourth-order valence-corrected chi connectivity index (χ4v) is 2.42. The second kappa shape index (κ2) is 9.53. The summed E-state index contributed by atoms with van der Waals surface area (Å²) in [5.41, 5.74) is 1.63. The van der Waals surface area contributed by atoms with Gasteiger partial charge >= 0.3 is 0 Å². The lowest BCUT2D eigenvalue weighted by atomic mass is 9.99. The minimum atomic E-state index is -0.860. The van der Waals surface area contributed by atoms with E-state index in [-0.39, 0.29) is 35.4 Å². The average molecular weight is 382 g/mol. The summed E-state index contributed by atoms with van der Waals surface area (Å²) in [6.45, 7) is 1.20. The van der Waals surface area contributed by atoms with Gasteiger partial charge in [-0.15, -0.1) is 0 Å². The SMILES string of the molecule is COc1cc(/C=C/C(=O)C(C)C(=O)/C=C/c2ccc(O)c(CO)c2)ccc1O. The number of carbonyl (C=O) groups is 2. The van der Waals surface area contributed by atoms with E-state index in [9.17, 15) is 19.8 Å². The highest BCUT2D eigenvalue weighted by Gasteiger charge is 2.16. The third-order valence-corrected chi connectivity index (χ3v) is 4.21. The first-order valence-corrected chi connectivity index (χ1v) is 8.59. The largest absolute Gasteiger partial charge is 0.508 e. The van der Waals surface area contributed by atoms with Gasteiger partial charge in [0.05, 0.1) is 19.6 Å². The number of aromatic hydroxyl groups is 2. The van der Waals surface area contributed by atoms with Gasteiger partial charge in [0.25, 0.3) is 0 Å². The Bertz CT molecular complexity index is 851. The number of rotatable bonds is 8.